The molecule has 3 amide bonds. The van der Waals surface area contributed by atoms with Gasteiger partial charge in [0.25, 0.3) is 0 Å². The number of aryl methyl sites for hydroxylation is 1. The molecule has 9 nitrogen and oxygen atoms in total. The summed E-state index contributed by atoms with van der Waals surface area (Å²) in [5.41, 5.74) is 0.839. The third kappa shape index (κ3) is 22.2. The van der Waals surface area contributed by atoms with E-state index < -0.39 is 24.2 Å². The molecule has 46 heavy (non-hydrogen) atoms. The SMILES string of the molecule is CCCCCCCCCCCCCCCCCCNC(=O)OCC(COC(=O)N(Cc1cccc[n+]1CCCC)C(C)=O)OC.[Cl-]. The lowest BCUT2D eigenvalue weighted by Gasteiger charge is -2.20. The number of ether oxygens (including phenoxy) is 3. The first-order valence-electron chi connectivity index (χ1n) is 17.8. The zero-order valence-electron chi connectivity index (χ0n) is 29.4. The highest BCUT2D eigenvalue weighted by atomic mass is 35.5. The molecule has 1 rings (SSSR count). The number of imide groups is 1. The molecule has 0 spiro atoms. The third-order valence-corrected chi connectivity index (χ3v) is 8.13. The Morgan fingerprint density at radius 3 is 1.80 bits per heavy atom. The molecule has 10 heteroatoms. The Morgan fingerprint density at radius 1 is 0.761 bits per heavy atom. The number of rotatable bonds is 27. The van der Waals surface area contributed by atoms with Crippen LogP contribution in [0.3, 0.4) is 0 Å². The first kappa shape index (κ1) is 43.6. The quantitative estimate of drug-likeness (QED) is 0.101. The van der Waals surface area contributed by atoms with Gasteiger partial charge >= 0.3 is 12.2 Å². The molecular formula is C36H64ClN3O6. The number of halogens is 1. The molecule has 0 saturated heterocycles. The summed E-state index contributed by atoms with van der Waals surface area (Å²) in [6.45, 7) is 6.98. The predicted molar refractivity (Wildman–Crippen MR) is 179 cm³/mol. The second kappa shape index (κ2) is 30.0. The van der Waals surface area contributed by atoms with Crippen LogP contribution in [0, 0.1) is 0 Å². The minimum atomic E-state index is -0.761. The van der Waals surface area contributed by atoms with E-state index in [-0.39, 0.29) is 32.2 Å². The summed E-state index contributed by atoms with van der Waals surface area (Å²) in [6.07, 6.45) is 23.0. The van der Waals surface area contributed by atoms with E-state index in [2.05, 4.69) is 19.2 Å². The van der Waals surface area contributed by atoms with Crippen LogP contribution in [0.25, 0.3) is 0 Å². The van der Waals surface area contributed by atoms with Crippen LogP contribution in [-0.4, -0.2) is 56.0 Å². The highest BCUT2D eigenvalue weighted by Crippen LogP contribution is 2.14. The van der Waals surface area contributed by atoms with E-state index in [1.807, 2.05) is 29.0 Å². The number of methoxy groups -OCH3 is 1. The summed E-state index contributed by atoms with van der Waals surface area (Å²) < 4.78 is 18.0. The van der Waals surface area contributed by atoms with E-state index in [0.717, 1.165) is 42.8 Å². The molecule has 0 aliphatic rings. The van der Waals surface area contributed by atoms with Crippen molar-refractivity contribution in [3.63, 3.8) is 0 Å². The van der Waals surface area contributed by atoms with Crippen LogP contribution >= 0.6 is 0 Å². The minimum absolute atomic E-state index is 0. The van der Waals surface area contributed by atoms with Gasteiger partial charge in [-0.15, -0.1) is 0 Å². The lowest BCUT2D eigenvalue weighted by molar-refractivity contribution is -0.705. The van der Waals surface area contributed by atoms with Gasteiger partial charge in [-0.3, -0.25) is 4.79 Å². The number of unbranched alkanes of at least 4 members (excludes halogenated alkanes) is 16. The normalized spacial score (nSPS) is 11.4. The number of carbonyl (C=O) groups excluding carboxylic acids is 3. The van der Waals surface area contributed by atoms with Crippen molar-refractivity contribution in [1.82, 2.24) is 10.2 Å². The molecule has 266 valence electrons. The van der Waals surface area contributed by atoms with Gasteiger partial charge in [0.2, 0.25) is 11.6 Å². The first-order chi connectivity index (χ1) is 21.9. The van der Waals surface area contributed by atoms with Crippen LogP contribution in [-0.2, 0) is 32.1 Å². The van der Waals surface area contributed by atoms with Crippen LogP contribution in [0.15, 0.2) is 24.4 Å². The molecule has 0 radical (unpaired) electrons. The van der Waals surface area contributed by atoms with Crippen molar-refractivity contribution in [3.8, 4) is 0 Å². The second-order valence-electron chi connectivity index (χ2n) is 12.1. The number of nitrogens with one attached hydrogen (secondary N) is 1. The van der Waals surface area contributed by atoms with Crippen LogP contribution in [0.2, 0.25) is 0 Å². The first-order valence-corrected chi connectivity index (χ1v) is 17.8. The van der Waals surface area contributed by atoms with Crippen LogP contribution in [0.4, 0.5) is 9.59 Å². The Balaban J connectivity index is 0.0000202. The number of pyridine rings is 1. The molecule has 0 aromatic carbocycles. The van der Waals surface area contributed by atoms with Crippen molar-refractivity contribution < 1.29 is 45.6 Å². The summed E-state index contributed by atoms with van der Waals surface area (Å²) in [6, 6.07) is 5.70. The van der Waals surface area contributed by atoms with Crippen molar-refractivity contribution >= 4 is 18.1 Å². The Morgan fingerprint density at radius 2 is 1.28 bits per heavy atom. The largest absolute Gasteiger partial charge is 1.00 e. The van der Waals surface area contributed by atoms with Crippen LogP contribution in [0.5, 0.6) is 0 Å². The Hall–Kier alpha value is -2.39. The van der Waals surface area contributed by atoms with Gasteiger partial charge in [-0.2, -0.15) is 0 Å². The van der Waals surface area contributed by atoms with Crippen molar-refractivity contribution in [1.29, 1.82) is 0 Å². The highest BCUT2D eigenvalue weighted by molar-refractivity contribution is 5.90. The Labute approximate surface area is 285 Å². The molecule has 1 aromatic heterocycles. The molecule has 0 aliphatic heterocycles. The zero-order chi connectivity index (χ0) is 33.0. The Bertz CT molecular complexity index is 919. The summed E-state index contributed by atoms with van der Waals surface area (Å²) in [4.78, 5) is 38.2. The van der Waals surface area contributed by atoms with Gasteiger partial charge < -0.3 is 31.9 Å². The third-order valence-electron chi connectivity index (χ3n) is 8.13. The number of alkyl carbamates (subject to hydrolysis) is 1. The maximum Gasteiger partial charge on any atom is 0.417 e. The smallest absolute Gasteiger partial charge is 0.417 e. The predicted octanol–water partition coefficient (Wildman–Crippen LogP) is 5.27. The van der Waals surface area contributed by atoms with Gasteiger partial charge in [0, 0.05) is 39.1 Å². The highest BCUT2D eigenvalue weighted by Gasteiger charge is 2.25. The number of aromatic nitrogens is 1. The molecule has 0 saturated carbocycles. The molecule has 0 bridgehead atoms. The van der Waals surface area contributed by atoms with Crippen molar-refractivity contribution in [2.45, 2.75) is 156 Å². The maximum absolute atomic E-state index is 12.8. The number of carbonyl (C=O) groups is 3. The van der Waals surface area contributed by atoms with Crippen molar-refractivity contribution in [3.05, 3.63) is 30.1 Å². The fourth-order valence-corrected chi connectivity index (χ4v) is 5.18. The molecule has 1 atom stereocenters. The molecule has 0 aliphatic carbocycles. The average Bonchev–Trinajstić information content (AvgIpc) is 3.04. The summed E-state index contributed by atoms with van der Waals surface area (Å²) >= 11 is 0. The zero-order valence-corrected chi connectivity index (χ0v) is 30.1. The fourth-order valence-electron chi connectivity index (χ4n) is 5.18. The number of hydrogen-bond acceptors (Lipinski definition) is 6. The van der Waals surface area contributed by atoms with Gasteiger partial charge in [0.15, 0.2) is 6.20 Å². The molecular weight excluding hydrogens is 606 g/mol. The van der Waals surface area contributed by atoms with Gasteiger partial charge in [0.1, 0.15) is 32.4 Å². The minimum Gasteiger partial charge on any atom is -1.00 e. The number of amides is 3. The van der Waals surface area contributed by atoms with E-state index in [0.29, 0.717) is 6.54 Å². The summed E-state index contributed by atoms with van der Waals surface area (Å²) in [5.74, 6) is -0.412. The van der Waals surface area contributed by atoms with Crippen molar-refractivity contribution in [2.24, 2.45) is 0 Å². The summed E-state index contributed by atoms with van der Waals surface area (Å²) in [7, 11) is 1.46. The van der Waals surface area contributed by atoms with Gasteiger partial charge in [-0.25, -0.2) is 19.1 Å². The van der Waals surface area contributed by atoms with Crippen molar-refractivity contribution in [2.75, 3.05) is 26.9 Å². The van der Waals surface area contributed by atoms with Gasteiger partial charge in [0.05, 0.1) is 0 Å². The Kier molecular flexibility index (Phi) is 28.4. The van der Waals surface area contributed by atoms with E-state index in [9.17, 15) is 14.4 Å². The van der Waals surface area contributed by atoms with Crippen LogP contribution < -0.4 is 22.3 Å². The number of hydrogen-bond donors (Lipinski definition) is 1. The molecule has 0 fully saturated rings. The fraction of sp³-hybridized carbons (Fsp3) is 0.778. The van der Waals surface area contributed by atoms with E-state index in [1.54, 1.807) is 0 Å². The lowest BCUT2D eigenvalue weighted by atomic mass is 10.0. The van der Waals surface area contributed by atoms with E-state index in [4.69, 9.17) is 14.2 Å². The van der Waals surface area contributed by atoms with Gasteiger partial charge in [-0.05, 0) is 6.42 Å². The van der Waals surface area contributed by atoms with Gasteiger partial charge in [-0.1, -0.05) is 123 Å². The molecule has 1 aromatic rings. The van der Waals surface area contributed by atoms with Crippen LogP contribution in [0.1, 0.15) is 142 Å². The standard InChI is InChI=1S/C36H63N3O6.ClH/c1-5-7-9-10-11-12-13-14-15-16-17-18-19-20-21-23-26-37-35(41)44-30-34(43-4)31-45-36(42)39(32(3)40)29-33-25-22-24-28-38(33)27-8-6-2;/h22,24-25,28,34H,5-21,23,26-27,29-31H2,1-4H3;1H. The molecule has 1 N–H and O–H groups in total. The molecule has 1 heterocycles. The second-order valence-corrected chi connectivity index (χ2v) is 12.1. The lowest BCUT2D eigenvalue weighted by Crippen LogP contribution is -3.00. The molecule has 1 unspecified atom stereocenters. The monoisotopic (exact) mass is 669 g/mol. The summed E-state index contributed by atoms with van der Waals surface area (Å²) in [5, 5.41) is 2.78. The average molecular weight is 670 g/mol. The van der Waals surface area contributed by atoms with E-state index in [1.165, 1.54) is 104 Å². The van der Waals surface area contributed by atoms with E-state index >= 15 is 0 Å². The number of nitrogens with zero attached hydrogens (tertiary/aromatic N) is 2. The maximum atomic E-state index is 12.8. The topological polar surface area (TPSA) is 98.0 Å².